The highest BCUT2D eigenvalue weighted by molar-refractivity contribution is 7.89. The van der Waals surface area contributed by atoms with E-state index in [1.54, 1.807) is 29.5 Å². The molecule has 11 heteroatoms. The van der Waals surface area contributed by atoms with Gasteiger partial charge in [-0.15, -0.1) is 0 Å². The van der Waals surface area contributed by atoms with Gasteiger partial charge in [-0.2, -0.15) is 10.2 Å². The summed E-state index contributed by atoms with van der Waals surface area (Å²) in [6, 6.07) is 11.6. The number of para-hydroxylation sites is 1. The number of rotatable bonds is 8. The summed E-state index contributed by atoms with van der Waals surface area (Å²) in [6.45, 7) is 2.23. The van der Waals surface area contributed by atoms with Gasteiger partial charge in [0.05, 0.1) is 35.0 Å². The van der Waals surface area contributed by atoms with Crippen LogP contribution in [0.3, 0.4) is 0 Å². The van der Waals surface area contributed by atoms with Crippen molar-refractivity contribution in [2.45, 2.75) is 19.6 Å². The summed E-state index contributed by atoms with van der Waals surface area (Å²) in [5.74, 6) is 0.662. The van der Waals surface area contributed by atoms with Gasteiger partial charge in [-0.1, -0.05) is 12.1 Å². The fraction of sp³-hybridized carbons (Fsp3) is 0.250. The lowest BCUT2D eigenvalue weighted by Crippen LogP contribution is -2.27. The Morgan fingerprint density at radius 2 is 1.97 bits per heavy atom. The third kappa shape index (κ3) is 4.60. The zero-order chi connectivity index (χ0) is 24.6. The largest absolute Gasteiger partial charge is 0.486 e. The number of nitrogens with zero attached hydrogens (tertiary/aromatic N) is 6. The first-order valence-corrected chi connectivity index (χ1v) is 12.7. The second-order valence-electron chi connectivity index (χ2n) is 8.40. The summed E-state index contributed by atoms with van der Waals surface area (Å²) in [6.07, 6.45) is 6.59. The van der Waals surface area contributed by atoms with Crippen LogP contribution in [0.4, 0.5) is 0 Å². The molecule has 0 aliphatic heterocycles. The first-order chi connectivity index (χ1) is 16.8. The van der Waals surface area contributed by atoms with Crippen LogP contribution < -0.4 is 4.74 Å². The SMILES string of the molecule is CC(Oc1ccc2[nH]nc(-c3cnn(CCS(=O)(=O)N(C)C)c3)c2c1)c1cccc2nccnc12. The molecule has 2 aromatic carbocycles. The molecule has 0 fully saturated rings. The fourth-order valence-electron chi connectivity index (χ4n) is 3.90. The van der Waals surface area contributed by atoms with Gasteiger partial charge in [0.25, 0.3) is 0 Å². The smallest absolute Gasteiger partial charge is 0.215 e. The number of aryl methyl sites for hydroxylation is 1. The van der Waals surface area contributed by atoms with Crippen molar-refractivity contribution in [3.63, 3.8) is 0 Å². The van der Waals surface area contributed by atoms with Gasteiger partial charge in [-0.3, -0.25) is 19.7 Å². The molecule has 5 aromatic rings. The lowest BCUT2D eigenvalue weighted by atomic mass is 10.1. The molecule has 0 saturated carbocycles. The third-order valence-electron chi connectivity index (χ3n) is 5.86. The molecule has 10 nitrogen and oxygen atoms in total. The van der Waals surface area contributed by atoms with Crippen molar-refractivity contribution in [2.24, 2.45) is 0 Å². The molecule has 0 amide bonds. The van der Waals surface area contributed by atoms with Crippen LogP contribution in [0, 0.1) is 0 Å². The number of ether oxygens (including phenoxy) is 1. The molecule has 5 rings (SSSR count). The molecule has 1 unspecified atom stereocenters. The van der Waals surface area contributed by atoms with Crippen LogP contribution in [-0.4, -0.2) is 62.5 Å². The number of hydrogen-bond acceptors (Lipinski definition) is 7. The minimum atomic E-state index is -3.30. The number of benzene rings is 2. The average Bonchev–Trinajstić information content (AvgIpc) is 3.49. The maximum absolute atomic E-state index is 12.1. The molecular weight excluding hydrogens is 466 g/mol. The molecule has 3 heterocycles. The predicted octanol–water partition coefficient (Wildman–Crippen LogP) is 3.40. The number of hydrogen-bond donors (Lipinski definition) is 1. The second kappa shape index (κ2) is 9.08. The molecule has 0 aliphatic carbocycles. The van der Waals surface area contributed by atoms with E-state index in [-0.39, 0.29) is 18.4 Å². The molecular formula is C24H25N7O3S. The van der Waals surface area contributed by atoms with Crippen LogP contribution in [0.2, 0.25) is 0 Å². The Hall–Kier alpha value is -3.83. The van der Waals surface area contributed by atoms with Crippen molar-refractivity contribution in [1.82, 2.24) is 34.3 Å². The van der Waals surface area contributed by atoms with E-state index < -0.39 is 10.0 Å². The first kappa shape index (κ1) is 22.9. The lowest BCUT2D eigenvalue weighted by molar-refractivity contribution is 0.228. The van der Waals surface area contributed by atoms with Crippen LogP contribution in [0.25, 0.3) is 33.2 Å². The van der Waals surface area contributed by atoms with Gasteiger partial charge in [0.1, 0.15) is 17.5 Å². The number of fused-ring (bicyclic) bond motifs is 2. The van der Waals surface area contributed by atoms with Crippen LogP contribution in [0.5, 0.6) is 5.75 Å². The summed E-state index contributed by atoms with van der Waals surface area (Å²) < 4.78 is 33.2. The van der Waals surface area contributed by atoms with Gasteiger partial charge in [-0.05, 0) is 31.2 Å². The van der Waals surface area contributed by atoms with Crippen molar-refractivity contribution in [3.05, 3.63) is 66.7 Å². The highest BCUT2D eigenvalue weighted by Gasteiger charge is 2.17. The zero-order valence-electron chi connectivity index (χ0n) is 19.6. The molecule has 180 valence electrons. The van der Waals surface area contributed by atoms with Crippen molar-refractivity contribution in [3.8, 4) is 17.0 Å². The second-order valence-corrected chi connectivity index (χ2v) is 10.7. The number of H-pyrrole nitrogens is 1. The molecule has 3 aromatic heterocycles. The first-order valence-electron chi connectivity index (χ1n) is 11.1. The normalized spacial score (nSPS) is 13.0. The average molecular weight is 492 g/mol. The van der Waals surface area contributed by atoms with E-state index in [1.165, 1.54) is 18.4 Å². The molecule has 0 saturated heterocycles. The maximum Gasteiger partial charge on any atom is 0.215 e. The Morgan fingerprint density at radius 1 is 1.14 bits per heavy atom. The topological polar surface area (TPSA) is 119 Å². The van der Waals surface area contributed by atoms with E-state index >= 15 is 0 Å². The molecule has 0 aliphatic rings. The Bertz CT molecular complexity index is 1600. The molecule has 1 N–H and O–H groups in total. The van der Waals surface area contributed by atoms with Gasteiger partial charge >= 0.3 is 0 Å². The number of aromatic amines is 1. The van der Waals surface area contributed by atoms with E-state index in [0.29, 0.717) is 5.75 Å². The van der Waals surface area contributed by atoms with Crippen LogP contribution in [0.1, 0.15) is 18.6 Å². The third-order valence-corrected chi connectivity index (χ3v) is 7.67. The Labute approximate surface area is 202 Å². The van der Waals surface area contributed by atoms with Gasteiger partial charge in [-0.25, -0.2) is 12.7 Å². The maximum atomic E-state index is 12.1. The molecule has 0 radical (unpaired) electrons. The van der Waals surface area contributed by atoms with Crippen molar-refractivity contribution >= 4 is 32.0 Å². The van der Waals surface area contributed by atoms with E-state index in [9.17, 15) is 8.42 Å². The van der Waals surface area contributed by atoms with Crippen molar-refractivity contribution in [2.75, 3.05) is 19.8 Å². The summed E-state index contributed by atoms with van der Waals surface area (Å²) in [5.41, 5.74) is 4.96. The van der Waals surface area contributed by atoms with Crippen molar-refractivity contribution in [1.29, 1.82) is 0 Å². The monoisotopic (exact) mass is 491 g/mol. The van der Waals surface area contributed by atoms with Gasteiger partial charge < -0.3 is 4.74 Å². The Kier molecular flexibility index (Phi) is 5.95. The standard InChI is InChI=1S/C24H25N7O3S/c1-16(19-5-4-6-22-24(19)26-10-9-25-22)34-18-7-8-21-20(13-18)23(29-28-21)17-14-27-31(15-17)11-12-35(32,33)30(2)3/h4-10,13-16H,11-12H2,1-3H3,(H,28,29). The fourth-order valence-corrected chi connectivity index (χ4v) is 4.68. The summed E-state index contributed by atoms with van der Waals surface area (Å²) in [7, 11) is -0.260. The summed E-state index contributed by atoms with van der Waals surface area (Å²) in [5, 5.41) is 12.7. The van der Waals surface area contributed by atoms with E-state index in [0.717, 1.165) is 38.8 Å². The minimum Gasteiger partial charge on any atom is -0.486 e. The highest BCUT2D eigenvalue weighted by Crippen LogP contribution is 2.32. The summed E-state index contributed by atoms with van der Waals surface area (Å²) >= 11 is 0. The minimum absolute atomic E-state index is 0.0309. The highest BCUT2D eigenvalue weighted by atomic mass is 32.2. The zero-order valence-corrected chi connectivity index (χ0v) is 20.4. The van der Waals surface area contributed by atoms with E-state index in [2.05, 4.69) is 25.3 Å². The Morgan fingerprint density at radius 3 is 2.80 bits per heavy atom. The molecule has 1 atom stereocenters. The molecule has 0 bridgehead atoms. The number of aromatic nitrogens is 6. The lowest BCUT2D eigenvalue weighted by Gasteiger charge is -2.16. The van der Waals surface area contributed by atoms with Gasteiger partial charge in [0.15, 0.2) is 0 Å². The quantitative estimate of drug-likeness (QED) is 0.353. The van der Waals surface area contributed by atoms with Crippen molar-refractivity contribution < 1.29 is 13.2 Å². The van der Waals surface area contributed by atoms with Gasteiger partial charge in [0, 0.05) is 49.2 Å². The van der Waals surface area contributed by atoms with Crippen LogP contribution >= 0.6 is 0 Å². The summed E-state index contributed by atoms with van der Waals surface area (Å²) in [4.78, 5) is 8.85. The molecule has 0 spiro atoms. The van der Waals surface area contributed by atoms with Gasteiger partial charge in [0.2, 0.25) is 10.0 Å². The van der Waals surface area contributed by atoms with Crippen LogP contribution in [0.15, 0.2) is 61.2 Å². The number of nitrogens with one attached hydrogen (secondary N) is 1. The van der Waals surface area contributed by atoms with E-state index in [4.69, 9.17) is 4.74 Å². The Balaban J connectivity index is 1.39. The van der Waals surface area contributed by atoms with Crippen LogP contribution in [-0.2, 0) is 16.6 Å². The predicted molar refractivity (Wildman–Crippen MR) is 133 cm³/mol. The number of sulfonamides is 1. The molecule has 35 heavy (non-hydrogen) atoms. The van der Waals surface area contributed by atoms with E-state index in [1.807, 2.05) is 43.3 Å².